The van der Waals surface area contributed by atoms with Gasteiger partial charge in [-0.1, -0.05) is 30.3 Å². The molecule has 1 fully saturated rings. The van der Waals surface area contributed by atoms with Gasteiger partial charge in [-0.15, -0.1) is 12.4 Å². The summed E-state index contributed by atoms with van der Waals surface area (Å²) in [4.78, 5) is 13.5. The lowest BCUT2D eigenvalue weighted by Gasteiger charge is -2.36. The second-order valence-corrected chi connectivity index (χ2v) is 4.07. The summed E-state index contributed by atoms with van der Waals surface area (Å²) in [5, 5.41) is 13.0. The molecule has 2 rings (SSSR count). The van der Waals surface area contributed by atoms with Crippen LogP contribution in [0.3, 0.4) is 0 Å². The molecule has 1 saturated heterocycles. The molecule has 17 heavy (non-hydrogen) atoms. The molecule has 0 aromatic heterocycles. The smallest absolute Gasteiger partial charge is 0.256 e. The van der Waals surface area contributed by atoms with E-state index in [9.17, 15) is 9.90 Å². The number of nitrogens with one attached hydrogen (secondary N) is 1. The third-order valence-corrected chi connectivity index (χ3v) is 3.00. The van der Waals surface area contributed by atoms with Crippen molar-refractivity contribution >= 4 is 18.3 Å². The molecule has 0 radical (unpaired) electrons. The minimum absolute atomic E-state index is 0. The van der Waals surface area contributed by atoms with Gasteiger partial charge in [0.05, 0.1) is 6.04 Å². The number of carbonyl (C=O) groups is 1. The predicted molar refractivity (Wildman–Crippen MR) is 68.1 cm³/mol. The highest BCUT2D eigenvalue weighted by Crippen LogP contribution is 2.16. The van der Waals surface area contributed by atoms with Gasteiger partial charge >= 0.3 is 0 Å². The zero-order chi connectivity index (χ0) is 11.5. The maximum Gasteiger partial charge on any atom is 0.256 e. The van der Waals surface area contributed by atoms with Gasteiger partial charge in [0, 0.05) is 20.1 Å². The summed E-state index contributed by atoms with van der Waals surface area (Å²) in [5.41, 5.74) is 0.645. The number of nitrogens with zero attached hydrogens (tertiary/aromatic N) is 1. The molecule has 1 aliphatic rings. The highest BCUT2D eigenvalue weighted by atomic mass is 35.5. The van der Waals surface area contributed by atoms with Gasteiger partial charge in [-0.25, -0.2) is 0 Å². The van der Waals surface area contributed by atoms with E-state index in [0.717, 1.165) is 13.1 Å². The molecule has 0 spiro atoms. The monoisotopic (exact) mass is 256 g/mol. The number of halogens is 1. The number of rotatable bonds is 3. The zero-order valence-electron chi connectivity index (χ0n) is 9.67. The Morgan fingerprint density at radius 1 is 1.41 bits per heavy atom. The minimum atomic E-state index is -1.05. The number of hydrogen-bond donors (Lipinski definition) is 2. The number of likely N-dealkylation sites (N-methyl/N-ethyl adjacent to an activating group) is 1. The Kier molecular flexibility index (Phi) is 4.93. The SMILES string of the molecule is CN(C(=O)C(O)c1ccccc1)C1CNC1.Cl. The number of aliphatic hydroxyl groups excluding tert-OH is 1. The highest BCUT2D eigenvalue weighted by Gasteiger charge is 2.29. The molecule has 1 atom stereocenters. The van der Waals surface area contributed by atoms with Crippen LogP contribution in [0.1, 0.15) is 11.7 Å². The van der Waals surface area contributed by atoms with Crippen LogP contribution in [0.5, 0.6) is 0 Å². The molecular formula is C12H17ClN2O2. The number of carbonyl (C=O) groups excluding carboxylic acids is 1. The fraction of sp³-hybridized carbons (Fsp3) is 0.417. The first kappa shape index (κ1) is 14.0. The lowest BCUT2D eigenvalue weighted by atomic mass is 10.1. The van der Waals surface area contributed by atoms with Crippen molar-refractivity contribution in [3.05, 3.63) is 35.9 Å². The van der Waals surface area contributed by atoms with E-state index in [1.165, 1.54) is 0 Å². The van der Waals surface area contributed by atoms with E-state index >= 15 is 0 Å². The van der Waals surface area contributed by atoms with Crippen molar-refractivity contribution < 1.29 is 9.90 Å². The highest BCUT2D eigenvalue weighted by molar-refractivity contribution is 5.85. The van der Waals surface area contributed by atoms with E-state index in [1.807, 2.05) is 18.2 Å². The molecule has 1 aromatic rings. The van der Waals surface area contributed by atoms with Crippen molar-refractivity contribution in [3.8, 4) is 0 Å². The average Bonchev–Trinajstić information content (AvgIpc) is 2.26. The van der Waals surface area contributed by atoms with E-state index < -0.39 is 6.10 Å². The summed E-state index contributed by atoms with van der Waals surface area (Å²) in [6, 6.07) is 9.23. The van der Waals surface area contributed by atoms with Crippen LogP contribution in [0.15, 0.2) is 30.3 Å². The molecule has 1 aliphatic heterocycles. The van der Waals surface area contributed by atoms with E-state index in [2.05, 4.69) is 5.32 Å². The molecule has 0 aliphatic carbocycles. The molecule has 1 unspecified atom stereocenters. The normalized spacial score (nSPS) is 16.6. The Morgan fingerprint density at radius 3 is 2.47 bits per heavy atom. The van der Waals surface area contributed by atoms with Crippen molar-refractivity contribution in [2.75, 3.05) is 20.1 Å². The Labute approximate surface area is 107 Å². The summed E-state index contributed by atoms with van der Waals surface area (Å²) in [5.74, 6) is -0.238. The van der Waals surface area contributed by atoms with Crippen molar-refractivity contribution in [1.29, 1.82) is 0 Å². The number of hydrogen-bond acceptors (Lipinski definition) is 3. The van der Waals surface area contributed by atoms with Crippen LogP contribution in [-0.2, 0) is 4.79 Å². The molecule has 5 heteroatoms. The predicted octanol–water partition coefficient (Wildman–Crippen LogP) is 0.572. The first-order valence-corrected chi connectivity index (χ1v) is 5.40. The van der Waals surface area contributed by atoms with Gasteiger partial charge in [0.15, 0.2) is 6.10 Å². The molecule has 0 bridgehead atoms. The molecule has 1 amide bonds. The standard InChI is InChI=1S/C12H16N2O2.ClH/c1-14(10-7-13-8-10)12(16)11(15)9-5-3-2-4-6-9;/h2-6,10-11,13,15H,7-8H2,1H3;1H. The Bertz CT molecular complexity index is 368. The van der Waals surface area contributed by atoms with Crippen LogP contribution < -0.4 is 5.32 Å². The fourth-order valence-electron chi connectivity index (χ4n) is 1.70. The Balaban J connectivity index is 0.00000144. The number of benzene rings is 1. The molecule has 1 heterocycles. The summed E-state index contributed by atoms with van der Waals surface area (Å²) < 4.78 is 0. The van der Waals surface area contributed by atoms with Gasteiger partial charge in [0.2, 0.25) is 0 Å². The van der Waals surface area contributed by atoms with Gasteiger partial charge < -0.3 is 15.3 Å². The van der Waals surface area contributed by atoms with E-state index in [0.29, 0.717) is 5.56 Å². The van der Waals surface area contributed by atoms with E-state index in [1.54, 1.807) is 24.1 Å². The third kappa shape index (κ3) is 2.97. The molecule has 2 N–H and O–H groups in total. The lowest BCUT2D eigenvalue weighted by molar-refractivity contribution is -0.142. The second kappa shape index (κ2) is 6.00. The van der Waals surface area contributed by atoms with Gasteiger partial charge in [0.1, 0.15) is 0 Å². The van der Waals surface area contributed by atoms with Crippen LogP contribution in [0, 0.1) is 0 Å². The Hall–Kier alpha value is -1.10. The first-order chi connectivity index (χ1) is 7.70. The van der Waals surface area contributed by atoms with Crippen LogP contribution in [-0.4, -0.2) is 42.1 Å². The van der Waals surface area contributed by atoms with Gasteiger partial charge in [-0.05, 0) is 5.56 Å². The van der Waals surface area contributed by atoms with Crippen molar-refractivity contribution in [3.63, 3.8) is 0 Å². The number of aliphatic hydroxyl groups is 1. The van der Waals surface area contributed by atoms with Gasteiger partial charge in [-0.2, -0.15) is 0 Å². The summed E-state index contributed by atoms with van der Waals surface area (Å²) in [7, 11) is 1.74. The van der Waals surface area contributed by atoms with Crippen LogP contribution in [0.2, 0.25) is 0 Å². The van der Waals surface area contributed by atoms with Crippen LogP contribution in [0.25, 0.3) is 0 Å². The first-order valence-electron chi connectivity index (χ1n) is 5.40. The molecule has 4 nitrogen and oxygen atoms in total. The fourth-order valence-corrected chi connectivity index (χ4v) is 1.70. The van der Waals surface area contributed by atoms with E-state index in [4.69, 9.17) is 0 Å². The summed E-state index contributed by atoms with van der Waals surface area (Å²) in [6.45, 7) is 1.62. The largest absolute Gasteiger partial charge is 0.378 e. The number of amides is 1. The molecule has 94 valence electrons. The third-order valence-electron chi connectivity index (χ3n) is 3.00. The molecule has 1 aromatic carbocycles. The van der Waals surface area contributed by atoms with Crippen molar-refractivity contribution in [2.24, 2.45) is 0 Å². The van der Waals surface area contributed by atoms with Crippen LogP contribution in [0.4, 0.5) is 0 Å². The van der Waals surface area contributed by atoms with Crippen molar-refractivity contribution in [1.82, 2.24) is 10.2 Å². The average molecular weight is 257 g/mol. The second-order valence-electron chi connectivity index (χ2n) is 4.07. The van der Waals surface area contributed by atoms with Gasteiger partial charge in [-0.3, -0.25) is 4.79 Å². The zero-order valence-corrected chi connectivity index (χ0v) is 10.5. The van der Waals surface area contributed by atoms with E-state index in [-0.39, 0.29) is 24.4 Å². The Morgan fingerprint density at radius 2 is 2.00 bits per heavy atom. The molecule has 0 saturated carbocycles. The minimum Gasteiger partial charge on any atom is -0.378 e. The summed E-state index contributed by atoms with van der Waals surface area (Å²) >= 11 is 0. The van der Waals surface area contributed by atoms with Crippen LogP contribution >= 0.6 is 12.4 Å². The topological polar surface area (TPSA) is 52.6 Å². The van der Waals surface area contributed by atoms with Gasteiger partial charge in [0.25, 0.3) is 5.91 Å². The lowest BCUT2D eigenvalue weighted by Crippen LogP contribution is -2.58. The maximum absolute atomic E-state index is 11.9. The summed E-state index contributed by atoms with van der Waals surface area (Å²) in [6.07, 6.45) is -1.05. The van der Waals surface area contributed by atoms with Crippen molar-refractivity contribution in [2.45, 2.75) is 12.1 Å². The maximum atomic E-state index is 11.9. The quantitative estimate of drug-likeness (QED) is 0.832. The molecular weight excluding hydrogens is 240 g/mol.